The molecule has 0 unspecified atom stereocenters. The van der Waals surface area contributed by atoms with Crippen molar-refractivity contribution in [2.75, 3.05) is 0 Å². The molecular weight excluding hydrogens is 320 g/mol. The zero-order chi connectivity index (χ0) is 18.5. The van der Waals surface area contributed by atoms with E-state index < -0.39 is 0 Å². The number of benzene rings is 2. The smallest absolute Gasteiger partial charge is 0.0888 e. The van der Waals surface area contributed by atoms with Crippen LogP contribution in [0.1, 0.15) is 25.0 Å². The van der Waals surface area contributed by atoms with E-state index in [0.717, 1.165) is 24.2 Å². The Morgan fingerprint density at radius 3 is 1.42 bits per heavy atom. The van der Waals surface area contributed by atoms with Crippen molar-refractivity contribution in [3.05, 3.63) is 83.2 Å². The van der Waals surface area contributed by atoms with E-state index in [2.05, 4.69) is 26.0 Å². The van der Waals surface area contributed by atoms with Crippen molar-refractivity contribution < 1.29 is 0 Å². The summed E-state index contributed by atoms with van der Waals surface area (Å²) in [5.74, 6) is 0. The maximum Gasteiger partial charge on any atom is 0.0888 e. The number of nitrogens with zero attached hydrogens (tertiary/aromatic N) is 2. The summed E-state index contributed by atoms with van der Waals surface area (Å²) in [6.45, 7) is 4.22. The summed E-state index contributed by atoms with van der Waals surface area (Å²) in [4.78, 5) is 9.41. The quantitative estimate of drug-likeness (QED) is 0.809. The van der Waals surface area contributed by atoms with Crippen LogP contribution in [0.2, 0.25) is 0 Å². The summed E-state index contributed by atoms with van der Waals surface area (Å²) in [6, 6.07) is 16.1. The van der Waals surface area contributed by atoms with Crippen molar-refractivity contribution in [2.24, 2.45) is 21.5 Å². The molecule has 0 saturated carbocycles. The molecule has 0 fully saturated rings. The van der Waals surface area contributed by atoms with Crippen LogP contribution >= 0.6 is 0 Å². The number of nitrogens with two attached hydrogens (primary N) is 2. The van der Waals surface area contributed by atoms with E-state index in [0.29, 0.717) is 22.8 Å². The highest BCUT2D eigenvalue weighted by Gasteiger charge is 2.14. The van der Waals surface area contributed by atoms with Gasteiger partial charge >= 0.3 is 0 Å². The number of rotatable bonds is 4. The first-order valence-electron chi connectivity index (χ1n) is 8.90. The fraction of sp³-hybridized carbons (Fsp3) is 0.182. The molecule has 0 aromatic heterocycles. The van der Waals surface area contributed by atoms with E-state index in [4.69, 9.17) is 21.5 Å². The van der Waals surface area contributed by atoms with Gasteiger partial charge in [-0.15, -0.1) is 0 Å². The predicted octanol–water partition coefficient (Wildman–Crippen LogP) is 4.36. The zero-order valence-corrected chi connectivity index (χ0v) is 15.2. The molecule has 2 aromatic carbocycles. The van der Waals surface area contributed by atoms with Gasteiger partial charge in [0.2, 0.25) is 0 Å². The highest BCUT2D eigenvalue weighted by molar-refractivity contribution is 6.24. The Morgan fingerprint density at radius 1 is 0.654 bits per heavy atom. The zero-order valence-electron chi connectivity index (χ0n) is 15.2. The number of aliphatic imine (C=N–C) groups is 2. The van der Waals surface area contributed by atoms with E-state index in [1.807, 2.05) is 36.4 Å². The number of aryl methyl sites for hydroxylation is 2. The van der Waals surface area contributed by atoms with Gasteiger partial charge in [0.1, 0.15) is 0 Å². The lowest BCUT2D eigenvalue weighted by molar-refractivity contribution is 1.13. The molecule has 0 radical (unpaired) electrons. The van der Waals surface area contributed by atoms with Gasteiger partial charge in [-0.1, -0.05) is 50.2 Å². The van der Waals surface area contributed by atoms with Crippen molar-refractivity contribution >= 4 is 22.8 Å². The van der Waals surface area contributed by atoms with Crippen LogP contribution in [-0.4, -0.2) is 11.4 Å². The lowest BCUT2D eigenvalue weighted by Crippen LogP contribution is -2.22. The van der Waals surface area contributed by atoms with Gasteiger partial charge in [-0.25, -0.2) is 9.98 Å². The van der Waals surface area contributed by atoms with Gasteiger partial charge in [-0.3, -0.25) is 0 Å². The highest BCUT2D eigenvalue weighted by Crippen LogP contribution is 2.24. The van der Waals surface area contributed by atoms with Crippen LogP contribution in [0.25, 0.3) is 0 Å². The van der Waals surface area contributed by atoms with Crippen molar-refractivity contribution in [2.45, 2.75) is 26.7 Å². The molecule has 26 heavy (non-hydrogen) atoms. The van der Waals surface area contributed by atoms with Crippen molar-refractivity contribution in [1.82, 2.24) is 0 Å². The summed E-state index contributed by atoms with van der Waals surface area (Å²) in [6.07, 6.45) is 5.43. The lowest BCUT2D eigenvalue weighted by atomic mass is 10.0. The second kappa shape index (κ2) is 7.83. The van der Waals surface area contributed by atoms with E-state index in [9.17, 15) is 0 Å². The highest BCUT2D eigenvalue weighted by atomic mass is 14.8. The molecule has 0 spiro atoms. The molecule has 0 atom stereocenters. The van der Waals surface area contributed by atoms with E-state index in [1.54, 1.807) is 12.2 Å². The Bertz CT molecular complexity index is 855. The first-order valence-corrected chi connectivity index (χ1v) is 8.90. The average Bonchev–Trinajstić information content (AvgIpc) is 2.66. The summed E-state index contributed by atoms with van der Waals surface area (Å²) < 4.78 is 0. The molecule has 0 saturated heterocycles. The molecule has 0 heterocycles. The molecule has 3 rings (SSSR count). The van der Waals surface area contributed by atoms with Crippen LogP contribution in [0.5, 0.6) is 0 Å². The van der Waals surface area contributed by atoms with Crippen LogP contribution in [-0.2, 0) is 12.8 Å². The standard InChI is InChI=1S/C22H24N4/c1-3-15-9-5-7-11-19(15)25-21-13-18(24)22(14-17(21)23)26-20-12-8-6-10-16(20)4-2/h5-14H,3-4,23-24H2,1-2H3. The Balaban J connectivity index is 1.98. The van der Waals surface area contributed by atoms with E-state index >= 15 is 0 Å². The second-order valence-corrected chi connectivity index (χ2v) is 6.16. The number of hydrogen-bond donors (Lipinski definition) is 2. The van der Waals surface area contributed by atoms with Crippen molar-refractivity contribution in [3.8, 4) is 0 Å². The maximum absolute atomic E-state index is 6.24. The summed E-state index contributed by atoms with van der Waals surface area (Å²) in [5.41, 5.74) is 19.2. The summed E-state index contributed by atoms with van der Waals surface area (Å²) in [7, 11) is 0. The minimum Gasteiger partial charge on any atom is -0.397 e. The third kappa shape index (κ3) is 3.75. The molecule has 1 aliphatic rings. The van der Waals surface area contributed by atoms with Crippen molar-refractivity contribution in [1.29, 1.82) is 0 Å². The van der Waals surface area contributed by atoms with Crippen molar-refractivity contribution in [3.63, 3.8) is 0 Å². The second-order valence-electron chi connectivity index (χ2n) is 6.16. The normalized spacial score (nSPS) is 17.3. The molecule has 4 nitrogen and oxygen atoms in total. The Hall–Kier alpha value is -3.14. The molecule has 0 amide bonds. The largest absolute Gasteiger partial charge is 0.397 e. The molecule has 132 valence electrons. The van der Waals surface area contributed by atoms with Crippen LogP contribution in [0, 0.1) is 0 Å². The van der Waals surface area contributed by atoms with Gasteiger partial charge in [-0.2, -0.15) is 0 Å². The molecule has 0 bridgehead atoms. The fourth-order valence-corrected chi connectivity index (χ4v) is 2.90. The van der Waals surface area contributed by atoms with Crippen LogP contribution < -0.4 is 11.5 Å². The third-order valence-electron chi connectivity index (χ3n) is 4.40. The molecule has 4 heteroatoms. The summed E-state index contributed by atoms with van der Waals surface area (Å²) in [5, 5.41) is 0. The predicted molar refractivity (Wildman–Crippen MR) is 110 cm³/mol. The van der Waals surface area contributed by atoms with Crippen LogP contribution in [0.15, 0.2) is 82.1 Å². The first-order chi connectivity index (χ1) is 12.6. The van der Waals surface area contributed by atoms with Crippen LogP contribution in [0.3, 0.4) is 0 Å². The Labute approximate surface area is 154 Å². The number of allylic oxidation sites excluding steroid dienone is 2. The number of para-hydroxylation sites is 2. The number of hydrogen-bond acceptors (Lipinski definition) is 4. The Morgan fingerprint density at radius 2 is 1.04 bits per heavy atom. The molecule has 4 N–H and O–H groups in total. The third-order valence-corrected chi connectivity index (χ3v) is 4.40. The van der Waals surface area contributed by atoms with Gasteiger partial charge in [0, 0.05) is 0 Å². The maximum atomic E-state index is 6.24. The molecular formula is C22H24N4. The molecule has 1 aliphatic carbocycles. The monoisotopic (exact) mass is 344 g/mol. The molecule has 2 aromatic rings. The van der Waals surface area contributed by atoms with E-state index in [1.165, 1.54) is 11.1 Å². The first kappa shape index (κ1) is 17.7. The van der Waals surface area contributed by atoms with Crippen LogP contribution in [0.4, 0.5) is 11.4 Å². The van der Waals surface area contributed by atoms with Gasteiger partial charge in [0.05, 0.1) is 34.2 Å². The average molecular weight is 344 g/mol. The minimum absolute atomic E-state index is 0.567. The minimum atomic E-state index is 0.567. The lowest BCUT2D eigenvalue weighted by Gasteiger charge is -2.14. The fourth-order valence-electron chi connectivity index (χ4n) is 2.90. The SMILES string of the molecule is CCc1ccccc1N=C1C=C(N)C(=Nc2ccccc2CC)C=C1N. The van der Waals surface area contributed by atoms with Gasteiger partial charge in [0.15, 0.2) is 0 Å². The Kier molecular flexibility index (Phi) is 5.32. The van der Waals surface area contributed by atoms with Gasteiger partial charge in [0.25, 0.3) is 0 Å². The van der Waals surface area contributed by atoms with Gasteiger partial charge in [-0.05, 0) is 48.3 Å². The van der Waals surface area contributed by atoms with E-state index in [-0.39, 0.29) is 0 Å². The molecule has 0 aliphatic heterocycles. The topological polar surface area (TPSA) is 76.8 Å². The summed E-state index contributed by atoms with van der Waals surface area (Å²) >= 11 is 0. The van der Waals surface area contributed by atoms with Gasteiger partial charge < -0.3 is 11.5 Å².